The third kappa shape index (κ3) is 21.6. The molecule has 1 unspecified atom stereocenters. The molecule has 196 valence electrons. The molecule has 0 radical (unpaired) electrons. The van der Waals surface area contributed by atoms with Crippen LogP contribution in [0.1, 0.15) is 130 Å². The van der Waals surface area contributed by atoms with Gasteiger partial charge in [0.2, 0.25) is 0 Å². The molecule has 0 aromatic carbocycles. The van der Waals surface area contributed by atoms with E-state index in [1.54, 1.807) is 0 Å². The van der Waals surface area contributed by atoms with E-state index in [0.717, 1.165) is 32.1 Å². The fourth-order valence-electron chi connectivity index (χ4n) is 4.06. The van der Waals surface area contributed by atoms with Crippen molar-refractivity contribution >= 4 is 14.5 Å². The number of rotatable bonds is 25. The summed E-state index contributed by atoms with van der Waals surface area (Å²) < 4.78 is 18.0. The Hall–Kier alpha value is -0.653. The molecule has 0 aliphatic rings. The monoisotopic (exact) mass is 484 g/mol. The number of carbonyl (C=O) groups excluding carboxylic acids is 1. The molecule has 0 saturated heterocycles. The summed E-state index contributed by atoms with van der Waals surface area (Å²) in [7, 11) is -2.02. The molecule has 0 aliphatic heterocycles. The highest BCUT2D eigenvalue weighted by atomic mass is 28.4. The molecule has 0 rings (SSSR count). The summed E-state index contributed by atoms with van der Waals surface area (Å²) in [6.07, 6.45) is 22.3. The standard InChI is InChI=1S/C28H56O4Si/c1-6-9-11-20-24-30-33(5,31-25-21-12-10-7-2)26-22-18-16-14-13-15-17-19-23-27(4)32-28(29)8-3/h8,27H,3,6-7,9-26H2,1-2,4-5H3. The maximum absolute atomic E-state index is 11.2. The van der Waals surface area contributed by atoms with Gasteiger partial charge < -0.3 is 13.6 Å². The number of hydrogen-bond donors (Lipinski definition) is 0. The predicted octanol–water partition coefficient (Wildman–Crippen LogP) is 8.88. The fraction of sp³-hybridized carbons (Fsp3) is 0.893. The second kappa shape index (κ2) is 23.1. The van der Waals surface area contributed by atoms with Crippen molar-refractivity contribution in [2.45, 2.75) is 149 Å². The lowest BCUT2D eigenvalue weighted by Crippen LogP contribution is -2.39. The Kier molecular flexibility index (Phi) is 22.6. The van der Waals surface area contributed by atoms with Gasteiger partial charge in [-0.05, 0) is 45.2 Å². The third-order valence-electron chi connectivity index (χ3n) is 6.29. The van der Waals surface area contributed by atoms with Crippen molar-refractivity contribution in [3.05, 3.63) is 12.7 Å². The van der Waals surface area contributed by atoms with Crippen molar-refractivity contribution in [2.24, 2.45) is 0 Å². The molecule has 1 atom stereocenters. The van der Waals surface area contributed by atoms with E-state index in [9.17, 15) is 4.79 Å². The van der Waals surface area contributed by atoms with Gasteiger partial charge in [0.15, 0.2) is 0 Å². The van der Waals surface area contributed by atoms with Crippen molar-refractivity contribution in [1.29, 1.82) is 0 Å². The van der Waals surface area contributed by atoms with E-state index in [1.165, 1.54) is 102 Å². The number of carbonyl (C=O) groups is 1. The van der Waals surface area contributed by atoms with Crippen LogP contribution in [-0.4, -0.2) is 33.8 Å². The van der Waals surface area contributed by atoms with Crippen LogP contribution >= 0.6 is 0 Å². The predicted molar refractivity (Wildman–Crippen MR) is 144 cm³/mol. The first-order chi connectivity index (χ1) is 16.0. The van der Waals surface area contributed by atoms with Crippen molar-refractivity contribution < 1.29 is 18.4 Å². The van der Waals surface area contributed by atoms with E-state index in [1.807, 2.05) is 6.92 Å². The molecule has 0 saturated carbocycles. The van der Waals surface area contributed by atoms with E-state index < -0.39 is 8.56 Å². The molecule has 0 bridgehead atoms. The summed E-state index contributed by atoms with van der Waals surface area (Å²) in [5.41, 5.74) is 0. The van der Waals surface area contributed by atoms with E-state index in [0.29, 0.717) is 0 Å². The van der Waals surface area contributed by atoms with Gasteiger partial charge in [0.1, 0.15) is 0 Å². The molecular formula is C28H56O4Si. The average Bonchev–Trinajstić information content (AvgIpc) is 2.80. The van der Waals surface area contributed by atoms with Crippen molar-refractivity contribution in [2.75, 3.05) is 13.2 Å². The molecule has 0 N–H and O–H groups in total. The lowest BCUT2D eigenvalue weighted by atomic mass is 10.1. The summed E-state index contributed by atoms with van der Waals surface area (Å²) in [6, 6.07) is 1.13. The quantitative estimate of drug-likeness (QED) is 0.0561. The second-order valence-electron chi connectivity index (χ2n) is 9.77. The first-order valence-electron chi connectivity index (χ1n) is 14.1. The van der Waals surface area contributed by atoms with Crippen LogP contribution in [0.3, 0.4) is 0 Å². The van der Waals surface area contributed by atoms with Gasteiger partial charge in [-0.3, -0.25) is 0 Å². The van der Waals surface area contributed by atoms with Gasteiger partial charge >= 0.3 is 14.5 Å². The van der Waals surface area contributed by atoms with Gasteiger partial charge in [-0.15, -0.1) is 0 Å². The molecule has 0 heterocycles. The SMILES string of the molecule is C=CC(=O)OC(C)CCCCCCCCCC[Si](C)(OCCCCCC)OCCCCCC. The Morgan fingerprint density at radius 1 is 0.758 bits per heavy atom. The number of hydrogen-bond acceptors (Lipinski definition) is 4. The second-order valence-corrected chi connectivity index (χ2v) is 13.1. The minimum Gasteiger partial charge on any atom is -0.460 e. The Labute approximate surface area is 207 Å². The molecule has 0 fully saturated rings. The van der Waals surface area contributed by atoms with Gasteiger partial charge in [-0.25, -0.2) is 4.79 Å². The molecule has 4 nitrogen and oxygen atoms in total. The maximum Gasteiger partial charge on any atom is 0.334 e. The number of ether oxygens (including phenoxy) is 1. The van der Waals surface area contributed by atoms with Crippen LogP contribution in [0.25, 0.3) is 0 Å². The van der Waals surface area contributed by atoms with Crippen LogP contribution in [0.5, 0.6) is 0 Å². The maximum atomic E-state index is 11.2. The van der Waals surface area contributed by atoms with E-state index in [2.05, 4.69) is 27.0 Å². The highest BCUT2D eigenvalue weighted by Crippen LogP contribution is 2.21. The molecular weight excluding hydrogens is 428 g/mol. The van der Waals surface area contributed by atoms with Crippen LogP contribution in [0.2, 0.25) is 12.6 Å². The Morgan fingerprint density at radius 3 is 1.70 bits per heavy atom. The summed E-state index contributed by atoms with van der Waals surface area (Å²) in [5.74, 6) is -0.314. The van der Waals surface area contributed by atoms with Gasteiger partial charge in [0.05, 0.1) is 6.10 Å². The van der Waals surface area contributed by atoms with Gasteiger partial charge in [0.25, 0.3) is 0 Å². The molecule has 33 heavy (non-hydrogen) atoms. The zero-order valence-electron chi connectivity index (χ0n) is 22.6. The van der Waals surface area contributed by atoms with Crippen LogP contribution in [0.4, 0.5) is 0 Å². The van der Waals surface area contributed by atoms with Crippen LogP contribution in [0, 0.1) is 0 Å². The number of esters is 1. The summed E-state index contributed by atoms with van der Waals surface area (Å²) in [5, 5.41) is 0. The fourth-order valence-corrected chi connectivity index (χ4v) is 6.48. The van der Waals surface area contributed by atoms with Crippen molar-refractivity contribution in [1.82, 2.24) is 0 Å². The van der Waals surface area contributed by atoms with E-state index in [-0.39, 0.29) is 12.1 Å². The average molecular weight is 485 g/mol. The first-order valence-corrected chi connectivity index (χ1v) is 16.6. The van der Waals surface area contributed by atoms with E-state index in [4.69, 9.17) is 13.6 Å². The van der Waals surface area contributed by atoms with Crippen LogP contribution in [-0.2, 0) is 18.4 Å². The van der Waals surface area contributed by atoms with Gasteiger partial charge in [0, 0.05) is 19.3 Å². The molecule has 0 amide bonds. The molecule has 5 heteroatoms. The third-order valence-corrected chi connectivity index (χ3v) is 9.18. The minimum atomic E-state index is -2.02. The summed E-state index contributed by atoms with van der Waals surface area (Å²) in [6.45, 7) is 14.0. The Morgan fingerprint density at radius 2 is 1.21 bits per heavy atom. The van der Waals surface area contributed by atoms with E-state index >= 15 is 0 Å². The molecule has 0 aliphatic carbocycles. The first kappa shape index (κ1) is 32.3. The summed E-state index contributed by atoms with van der Waals surface area (Å²) in [4.78, 5) is 11.2. The zero-order chi connectivity index (χ0) is 24.6. The van der Waals surface area contributed by atoms with Gasteiger partial charge in [-0.2, -0.15) is 0 Å². The molecule has 0 aromatic rings. The molecule has 0 aromatic heterocycles. The van der Waals surface area contributed by atoms with Gasteiger partial charge in [-0.1, -0.05) is 104 Å². The molecule has 0 spiro atoms. The zero-order valence-corrected chi connectivity index (χ0v) is 23.6. The minimum absolute atomic E-state index is 0.00305. The Balaban J connectivity index is 3.90. The normalized spacial score (nSPS) is 12.6. The lowest BCUT2D eigenvalue weighted by molar-refractivity contribution is -0.142. The van der Waals surface area contributed by atoms with Crippen LogP contribution < -0.4 is 0 Å². The van der Waals surface area contributed by atoms with Crippen molar-refractivity contribution in [3.8, 4) is 0 Å². The van der Waals surface area contributed by atoms with Crippen molar-refractivity contribution in [3.63, 3.8) is 0 Å². The highest BCUT2D eigenvalue weighted by Gasteiger charge is 2.30. The Bertz CT molecular complexity index is 441. The smallest absolute Gasteiger partial charge is 0.334 e. The lowest BCUT2D eigenvalue weighted by Gasteiger charge is -2.27. The van der Waals surface area contributed by atoms with Crippen LogP contribution in [0.15, 0.2) is 12.7 Å². The number of unbranched alkanes of at least 4 members (excludes halogenated alkanes) is 13. The summed E-state index contributed by atoms with van der Waals surface area (Å²) >= 11 is 0. The highest BCUT2D eigenvalue weighted by molar-refractivity contribution is 6.66. The largest absolute Gasteiger partial charge is 0.460 e. The topological polar surface area (TPSA) is 44.8 Å².